The molecule has 1 aliphatic heterocycles. The average Bonchev–Trinajstić information content (AvgIpc) is 3.05. The van der Waals surface area contributed by atoms with E-state index in [-0.39, 0.29) is 5.91 Å². The van der Waals surface area contributed by atoms with Gasteiger partial charge in [0, 0.05) is 18.0 Å². The molecule has 3 heterocycles. The molecule has 6 heteroatoms. The Balaban J connectivity index is 1.84. The molecule has 112 valence electrons. The lowest BCUT2D eigenvalue weighted by Gasteiger charge is -2.16. The smallest absolute Gasteiger partial charge is 0.241 e. The first-order valence-corrected chi connectivity index (χ1v) is 8.14. The predicted molar refractivity (Wildman–Crippen MR) is 85.9 cm³/mol. The zero-order chi connectivity index (χ0) is 15.0. The highest BCUT2D eigenvalue weighted by Gasteiger charge is 2.19. The number of rotatable bonds is 3. The molecule has 3 rings (SSSR count). The van der Waals surface area contributed by atoms with Crippen LogP contribution in [0.4, 0.5) is 5.82 Å². The van der Waals surface area contributed by atoms with Crippen LogP contribution in [0.3, 0.4) is 0 Å². The second kappa shape index (κ2) is 5.60. The van der Waals surface area contributed by atoms with E-state index in [0.29, 0.717) is 6.54 Å². The lowest BCUT2D eigenvalue weighted by atomic mass is 10.2. The lowest BCUT2D eigenvalue weighted by molar-refractivity contribution is -0.128. The van der Waals surface area contributed by atoms with Gasteiger partial charge in [-0.25, -0.2) is 9.97 Å². The van der Waals surface area contributed by atoms with Crippen LogP contribution in [0.1, 0.15) is 29.1 Å². The standard InChI is InChI=1S/C15H20N4OS/c1-9-10(2)21-15-13(9)14(17-11(3)18-15)16-8-12(20)19-6-4-5-7-19/h4-8H2,1-3H3,(H,16,17,18). The maximum atomic E-state index is 12.2. The molecule has 1 amide bonds. The minimum Gasteiger partial charge on any atom is -0.360 e. The molecule has 0 aliphatic carbocycles. The highest BCUT2D eigenvalue weighted by atomic mass is 32.1. The highest BCUT2D eigenvalue weighted by molar-refractivity contribution is 7.18. The van der Waals surface area contributed by atoms with E-state index in [0.717, 1.165) is 47.8 Å². The van der Waals surface area contributed by atoms with Crippen molar-refractivity contribution in [3.05, 3.63) is 16.3 Å². The van der Waals surface area contributed by atoms with Gasteiger partial charge in [-0.05, 0) is 39.2 Å². The van der Waals surface area contributed by atoms with Crippen molar-refractivity contribution in [2.75, 3.05) is 25.0 Å². The topological polar surface area (TPSA) is 58.1 Å². The van der Waals surface area contributed by atoms with Crippen molar-refractivity contribution in [2.24, 2.45) is 0 Å². The Kier molecular flexibility index (Phi) is 3.80. The lowest BCUT2D eigenvalue weighted by Crippen LogP contribution is -2.33. The largest absolute Gasteiger partial charge is 0.360 e. The summed E-state index contributed by atoms with van der Waals surface area (Å²) in [5.41, 5.74) is 1.20. The van der Waals surface area contributed by atoms with E-state index in [1.54, 1.807) is 11.3 Å². The van der Waals surface area contributed by atoms with Gasteiger partial charge in [0.1, 0.15) is 16.5 Å². The van der Waals surface area contributed by atoms with Crippen molar-refractivity contribution < 1.29 is 4.79 Å². The zero-order valence-corrected chi connectivity index (χ0v) is 13.5. The molecule has 1 fully saturated rings. The molecule has 0 saturated carbocycles. The van der Waals surface area contributed by atoms with Crippen LogP contribution in [-0.2, 0) is 4.79 Å². The number of aromatic nitrogens is 2. The molecular weight excluding hydrogens is 284 g/mol. The normalized spacial score (nSPS) is 14.9. The number of likely N-dealkylation sites (tertiary alicyclic amines) is 1. The summed E-state index contributed by atoms with van der Waals surface area (Å²) in [6.45, 7) is 8.14. The number of nitrogens with zero attached hydrogens (tertiary/aromatic N) is 3. The van der Waals surface area contributed by atoms with Crippen LogP contribution in [0.2, 0.25) is 0 Å². The Morgan fingerprint density at radius 1 is 1.24 bits per heavy atom. The van der Waals surface area contributed by atoms with E-state index >= 15 is 0 Å². The summed E-state index contributed by atoms with van der Waals surface area (Å²) in [6.07, 6.45) is 2.23. The molecule has 5 nitrogen and oxygen atoms in total. The number of nitrogens with one attached hydrogen (secondary N) is 1. The molecule has 1 aliphatic rings. The van der Waals surface area contributed by atoms with E-state index in [4.69, 9.17) is 0 Å². The fourth-order valence-corrected chi connectivity index (χ4v) is 3.80. The van der Waals surface area contributed by atoms with Gasteiger partial charge in [0.15, 0.2) is 0 Å². The van der Waals surface area contributed by atoms with Crippen LogP contribution < -0.4 is 5.32 Å². The van der Waals surface area contributed by atoms with Crippen molar-refractivity contribution in [3.63, 3.8) is 0 Å². The highest BCUT2D eigenvalue weighted by Crippen LogP contribution is 2.33. The molecule has 0 radical (unpaired) electrons. The Morgan fingerprint density at radius 3 is 2.67 bits per heavy atom. The van der Waals surface area contributed by atoms with Crippen LogP contribution >= 0.6 is 11.3 Å². The van der Waals surface area contributed by atoms with Crippen molar-refractivity contribution >= 4 is 33.3 Å². The fraction of sp³-hybridized carbons (Fsp3) is 0.533. The molecule has 2 aromatic rings. The van der Waals surface area contributed by atoms with E-state index < -0.39 is 0 Å². The molecule has 0 bridgehead atoms. The van der Waals surface area contributed by atoms with Crippen LogP contribution in [0.5, 0.6) is 0 Å². The minimum atomic E-state index is 0.154. The van der Waals surface area contributed by atoms with Crippen molar-refractivity contribution in [1.82, 2.24) is 14.9 Å². The van der Waals surface area contributed by atoms with Crippen LogP contribution in [0.15, 0.2) is 0 Å². The number of thiophene rings is 1. The number of fused-ring (bicyclic) bond motifs is 1. The zero-order valence-electron chi connectivity index (χ0n) is 12.7. The summed E-state index contributed by atoms with van der Waals surface area (Å²) >= 11 is 1.68. The van der Waals surface area contributed by atoms with Crippen molar-refractivity contribution in [3.8, 4) is 0 Å². The number of hydrogen-bond acceptors (Lipinski definition) is 5. The Bertz CT molecular complexity index is 689. The molecule has 1 N–H and O–H groups in total. The number of anilines is 1. The van der Waals surface area contributed by atoms with Gasteiger partial charge in [-0.2, -0.15) is 0 Å². The summed E-state index contributed by atoms with van der Waals surface area (Å²) in [4.78, 5) is 25.3. The Labute approximate surface area is 128 Å². The number of hydrogen-bond donors (Lipinski definition) is 1. The van der Waals surface area contributed by atoms with E-state index in [9.17, 15) is 4.79 Å². The van der Waals surface area contributed by atoms with Gasteiger partial charge in [0.25, 0.3) is 0 Å². The van der Waals surface area contributed by atoms with Gasteiger partial charge in [-0.3, -0.25) is 4.79 Å². The van der Waals surface area contributed by atoms with Crippen LogP contribution in [-0.4, -0.2) is 40.4 Å². The second-order valence-corrected chi connectivity index (χ2v) is 6.73. The molecule has 0 unspecified atom stereocenters. The van der Waals surface area contributed by atoms with Crippen molar-refractivity contribution in [1.29, 1.82) is 0 Å². The minimum absolute atomic E-state index is 0.154. The molecular formula is C15H20N4OS. The first-order valence-electron chi connectivity index (χ1n) is 7.32. The van der Waals surface area contributed by atoms with Gasteiger partial charge in [0.2, 0.25) is 5.91 Å². The maximum absolute atomic E-state index is 12.2. The predicted octanol–water partition coefficient (Wildman–Crippen LogP) is 2.65. The number of carbonyl (C=O) groups excluding carboxylic acids is 1. The average molecular weight is 304 g/mol. The monoisotopic (exact) mass is 304 g/mol. The molecule has 0 atom stereocenters. The van der Waals surface area contributed by atoms with Gasteiger partial charge < -0.3 is 10.2 Å². The van der Waals surface area contributed by atoms with Gasteiger partial charge in [-0.15, -0.1) is 11.3 Å². The van der Waals surface area contributed by atoms with Crippen LogP contribution in [0.25, 0.3) is 10.2 Å². The number of amides is 1. The summed E-state index contributed by atoms with van der Waals surface area (Å²) in [5.74, 6) is 1.67. The quantitative estimate of drug-likeness (QED) is 0.947. The third-order valence-electron chi connectivity index (χ3n) is 4.01. The second-order valence-electron chi connectivity index (χ2n) is 5.52. The fourth-order valence-electron chi connectivity index (χ4n) is 2.72. The summed E-state index contributed by atoms with van der Waals surface area (Å²) in [7, 11) is 0. The van der Waals surface area contributed by atoms with E-state index in [1.165, 1.54) is 10.4 Å². The first-order chi connectivity index (χ1) is 10.1. The third-order valence-corrected chi connectivity index (χ3v) is 5.11. The molecule has 21 heavy (non-hydrogen) atoms. The Morgan fingerprint density at radius 2 is 1.95 bits per heavy atom. The van der Waals surface area contributed by atoms with Crippen LogP contribution in [0, 0.1) is 20.8 Å². The molecule has 0 spiro atoms. The summed E-state index contributed by atoms with van der Waals surface area (Å²) in [6, 6.07) is 0. The van der Waals surface area contributed by atoms with E-state index in [1.807, 2.05) is 11.8 Å². The Hall–Kier alpha value is -1.69. The van der Waals surface area contributed by atoms with Gasteiger partial charge >= 0.3 is 0 Å². The SMILES string of the molecule is Cc1nc(NCC(=O)N2CCCC2)c2c(C)c(C)sc2n1. The summed E-state index contributed by atoms with van der Waals surface area (Å²) < 4.78 is 0. The third kappa shape index (κ3) is 2.72. The number of carbonyl (C=O) groups is 1. The summed E-state index contributed by atoms with van der Waals surface area (Å²) in [5, 5.41) is 4.28. The first kappa shape index (κ1) is 14.3. The molecule has 2 aromatic heterocycles. The van der Waals surface area contributed by atoms with Gasteiger partial charge in [-0.1, -0.05) is 0 Å². The molecule has 1 saturated heterocycles. The van der Waals surface area contributed by atoms with E-state index in [2.05, 4.69) is 29.1 Å². The van der Waals surface area contributed by atoms with Gasteiger partial charge in [0.05, 0.1) is 11.9 Å². The molecule has 0 aromatic carbocycles. The maximum Gasteiger partial charge on any atom is 0.241 e. The number of aryl methyl sites for hydroxylation is 3. The van der Waals surface area contributed by atoms with Crippen molar-refractivity contribution in [2.45, 2.75) is 33.6 Å².